The molecule has 0 radical (unpaired) electrons. The molecule has 1 amide bonds. The van der Waals surface area contributed by atoms with E-state index >= 15 is 0 Å². The molecule has 1 unspecified atom stereocenters. The number of aliphatic carboxylic acids is 2. The maximum atomic E-state index is 12.5. The molecule has 1 aromatic rings. The summed E-state index contributed by atoms with van der Waals surface area (Å²) in [4.78, 5) is 36.2. The van der Waals surface area contributed by atoms with E-state index in [0.29, 0.717) is 30.5 Å². The first kappa shape index (κ1) is 21.1. The zero-order valence-corrected chi connectivity index (χ0v) is 15.0. The molecule has 0 bridgehead atoms. The third-order valence-electron chi connectivity index (χ3n) is 3.45. The standard InChI is InChI=1S/C16H20Cl2N2O5/c17-7-9-20(10-8-18)13-4-2-1-3-11(13)15(23)19-12(16(24)25)5-6-14(21)22/h1-4,12H,5-10H2,(H,19,23)(H,21,22)(H,24,25). The molecule has 0 heterocycles. The Hall–Kier alpha value is -1.99. The Balaban J connectivity index is 3.00. The normalized spacial score (nSPS) is 11.6. The molecule has 7 nitrogen and oxygen atoms in total. The molecule has 0 aliphatic carbocycles. The van der Waals surface area contributed by atoms with E-state index in [0.717, 1.165) is 0 Å². The maximum Gasteiger partial charge on any atom is 0.326 e. The smallest absolute Gasteiger partial charge is 0.326 e. The van der Waals surface area contributed by atoms with Crippen molar-refractivity contribution in [3.05, 3.63) is 29.8 Å². The summed E-state index contributed by atoms with van der Waals surface area (Å²) in [6.45, 7) is 0.944. The fourth-order valence-corrected chi connectivity index (χ4v) is 2.67. The summed E-state index contributed by atoms with van der Waals surface area (Å²) in [5, 5.41) is 20.2. The Bertz CT molecular complexity index is 606. The van der Waals surface area contributed by atoms with Crippen molar-refractivity contribution < 1.29 is 24.6 Å². The second kappa shape index (κ2) is 10.8. The van der Waals surface area contributed by atoms with Crippen LogP contribution < -0.4 is 10.2 Å². The summed E-state index contributed by atoms with van der Waals surface area (Å²) in [7, 11) is 0. The van der Waals surface area contributed by atoms with Crippen molar-refractivity contribution >= 4 is 46.7 Å². The second-order valence-electron chi connectivity index (χ2n) is 5.18. The van der Waals surface area contributed by atoms with E-state index in [1.54, 1.807) is 24.3 Å². The van der Waals surface area contributed by atoms with Gasteiger partial charge in [0.15, 0.2) is 0 Å². The number of amides is 1. The molecule has 1 aromatic carbocycles. The largest absolute Gasteiger partial charge is 0.481 e. The predicted molar refractivity (Wildman–Crippen MR) is 95.9 cm³/mol. The van der Waals surface area contributed by atoms with Crippen LogP contribution in [0.3, 0.4) is 0 Å². The summed E-state index contributed by atoms with van der Waals surface area (Å²) in [6, 6.07) is 5.41. The lowest BCUT2D eigenvalue weighted by Gasteiger charge is -2.25. The van der Waals surface area contributed by atoms with Gasteiger partial charge in [0, 0.05) is 37.0 Å². The highest BCUT2D eigenvalue weighted by molar-refractivity contribution is 6.18. The molecule has 1 rings (SSSR count). The van der Waals surface area contributed by atoms with Gasteiger partial charge in [-0.3, -0.25) is 9.59 Å². The Labute approximate surface area is 155 Å². The molecule has 0 aromatic heterocycles. The van der Waals surface area contributed by atoms with E-state index in [2.05, 4.69) is 5.32 Å². The molecule has 0 aliphatic heterocycles. The number of alkyl halides is 2. The summed E-state index contributed by atoms with van der Waals surface area (Å²) < 4.78 is 0. The van der Waals surface area contributed by atoms with Crippen molar-refractivity contribution in [2.75, 3.05) is 29.7 Å². The number of carbonyl (C=O) groups is 3. The van der Waals surface area contributed by atoms with E-state index in [-0.39, 0.29) is 18.4 Å². The van der Waals surface area contributed by atoms with E-state index in [4.69, 9.17) is 28.3 Å². The minimum absolute atomic E-state index is 0.203. The topological polar surface area (TPSA) is 107 Å². The third-order valence-corrected chi connectivity index (χ3v) is 3.79. The van der Waals surface area contributed by atoms with E-state index in [1.807, 2.05) is 4.90 Å². The molecule has 0 saturated carbocycles. The number of carboxylic acid groups (broad SMARTS) is 2. The van der Waals surface area contributed by atoms with Crippen LogP contribution in [-0.4, -0.2) is 59.0 Å². The number of halogens is 2. The van der Waals surface area contributed by atoms with Crippen LogP contribution in [0.15, 0.2) is 24.3 Å². The first-order chi connectivity index (χ1) is 11.9. The van der Waals surface area contributed by atoms with Crippen molar-refractivity contribution in [3.63, 3.8) is 0 Å². The second-order valence-corrected chi connectivity index (χ2v) is 5.93. The summed E-state index contributed by atoms with van der Waals surface area (Å²) >= 11 is 11.6. The number of rotatable bonds is 11. The lowest BCUT2D eigenvalue weighted by molar-refractivity contribution is -0.140. The van der Waals surface area contributed by atoms with Crippen LogP contribution in [0, 0.1) is 0 Å². The Morgan fingerprint density at radius 3 is 2.20 bits per heavy atom. The quantitative estimate of drug-likeness (QED) is 0.499. The highest BCUT2D eigenvalue weighted by atomic mass is 35.5. The van der Waals surface area contributed by atoms with Gasteiger partial charge in [0.25, 0.3) is 5.91 Å². The van der Waals surface area contributed by atoms with Crippen LogP contribution in [-0.2, 0) is 9.59 Å². The van der Waals surface area contributed by atoms with Gasteiger partial charge >= 0.3 is 11.9 Å². The number of carboxylic acids is 2. The number of hydrogen-bond acceptors (Lipinski definition) is 4. The Morgan fingerprint density at radius 2 is 1.68 bits per heavy atom. The molecule has 25 heavy (non-hydrogen) atoms. The van der Waals surface area contributed by atoms with Crippen molar-refractivity contribution in [1.82, 2.24) is 5.32 Å². The van der Waals surface area contributed by atoms with Gasteiger partial charge in [0.2, 0.25) is 0 Å². The zero-order chi connectivity index (χ0) is 18.8. The monoisotopic (exact) mass is 390 g/mol. The maximum absolute atomic E-state index is 12.5. The molecular weight excluding hydrogens is 371 g/mol. The van der Waals surface area contributed by atoms with Gasteiger partial charge in [-0.2, -0.15) is 0 Å². The molecular formula is C16H20Cl2N2O5. The molecule has 3 N–H and O–H groups in total. The SMILES string of the molecule is O=C(O)CCC(NC(=O)c1ccccc1N(CCCl)CCCl)C(=O)O. The van der Waals surface area contributed by atoms with Gasteiger partial charge in [0.05, 0.1) is 5.56 Å². The number of nitrogens with one attached hydrogen (secondary N) is 1. The van der Waals surface area contributed by atoms with Gasteiger partial charge in [0.1, 0.15) is 6.04 Å². The van der Waals surface area contributed by atoms with Gasteiger partial charge in [-0.15, -0.1) is 23.2 Å². The predicted octanol–water partition coefficient (Wildman–Crippen LogP) is 2.02. The minimum Gasteiger partial charge on any atom is -0.481 e. The summed E-state index contributed by atoms with van der Waals surface area (Å²) in [5.74, 6) is -2.34. The van der Waals surface area contributed by atoms with E-state index in [1.165, 1.54) is 0 Å². The lowest BCUT2D eigenvalue weighted by atomic mass is 10.1. The van der Waals surface area contributed by atoms with Crippen LogP contribution in [0.25, 0.3) is 0 Å². The molecule has 0 fully saturated rings. The number of anilines is 1. The highest BCUT2D eigenvalue weighted by Gasteiger charge is 2.23. The molecule has 0 saturated heterocycles. The van der Waals surface area contributed by atoms with Gasteiger partial charge in [-0.1, -0.05) is 12.1 Å². The zero-order valence-electron chi connectivity index (χ0n) is 13.5. The molecule has 1 atom stereocenters. The molecule has 0 aliphatic rings. The molecule has 0 spiro atoms. The number of para-hydroxylation sites is 1. The van der Waals surface area contributed by atoms with Crippen molar-refractivity contribution in [1.29, 1.82) is 0 Å². The highest BCUT2D eigenvalue weighted by Crippen LogP contribution is 2.21. The van der Waals surface area contributed by atoms with Crippen LogP contribution in [0.5, 0.6) is 0 Å². The Kier molecular flexibility index (Phi) is 9.08. The van der Waals surface area contributed by atoms with Crippen LogP contribution in [0.1, 0.15) is 23.2 Å². The molecule has 138 valence electrons. The van der Waals surface area contributed by atoms with Crippen LogP contribution in [0.4, 0.5) is 5.69 Å². The number of nitrogens with zero attached hydrogens (tertiary/aromatic N) is 1. The fourth-order valence-electron chi connectivity index (χ4n) is 2.26. The number of benzene rings is 1. The van der Waals surface area contributed by atoms with E-state index < -0.39 is 23.9 Å². The summed E-state index contributed by atoms with van der Waals surface area (Å²) in [5.41, 5.74) is 0.864. The van der Waals surface area contributed by atoms with Gasteiger partial charge in [-0.25, -0.2) is 4.79 Å². The third kappa shape index (κ3) is 6.80. The first-order valence-electron chi connectivity index (χ1n) is 7.62. The van der Waals surface area contributed by atoms with Gasteiger partial charge < -0.3 is 20.4 Å². The van der Waals surface area contributed by atoms with E-state index in [9.17, 15) is 19.5 Å². The number of carbonyl (C=O) groups excluding carboxylic acids is 1. The van der Waals surface area contributed by atoms with Crippen molar-refractivity contribution in [2.24, 2.45) is 0 Å². The van der Waals surface area contributed by atoms with Crippen LogP contribution in [0.2, 0.25) is 0 Å². The average Bonchev–Trinajstić information content (AvgIpc) is 2.57. The van der Waals surface area contributed by atoms with Crippen LogP contribution >= 0.6 is 23.2 Å². The average molecular weight is 391 g/mol. The van der Waals surface area contributed by atoms with Crippen molar-refractivity contribution in [3.8, 4) is 0 Å². The minimum atomic E-state index is -1.29. The van der Waals surface area contributed by atoms with Crippen molar-refractivity contribution in [2.45, 2.75) is 18.9 Å². The number of hydrogen-bond donors (Lipinski definition) is 3. The fraction of sp³-hybridized carbons (Fsp3) is 0.438. The molecule has 9 heteroatoms. The first-order valence-corrected chi connectivity index (χ1v) is 8.69. The summed E-state index contributed by atoms with van der Waals surface area (Å²) in [6.07, 6.45) is -0.560. The lowest BCUT2D eigenvalue weighted by Crippen LogP contribution is -2.42. The Morgan fingerprint density at radius 1 is 1.08 bits per heavy atom. The van der Waals surface area contributed by atoms with Gasteiger partial charge in [-0.05, 0) is 18.6 Å².